The van der Waals surface area contributed by atoms with Gasteiger partial charge in [-0.05, 0) is 39.9 Å². The largest absolute Gasteiger partial charge is 0.392 e. The summed E-state index contributed by atoms with van der Waals surface area (Å²) in [6.07, 6.45) is -0.696. The third kappa shape index (κ3) is 7.09. The Morgan fingerprint density at radius 1 is 0.841 bits per heavy atom. The predicted molar refractivity (Wildman–Crippen MR) is 170 cm³/mol. The molecule has 2 aliphatic rings. The SMILES string of the molecule is CC1C(CN2CCOCC2)OC(c2ccc(-c3ccccc3CNC(=O)c3ccccc3)cc2)OC1c1ccc(CO)cc1. The molecule has 7 heteroatoms. The van der Waals surface area contributed by atoms with E-state index >= 15 is 0 Å². The van der Waals surface area contributed by atoms with E-state index in [1.807, 2.05) is 60.7 Å². The van der Waals surface area contributed by atoms with Crippen molar-refractivity contribution in [3.8, 4) is 11.1 Å². The first-order valence-corrected chi connectivity index (χ1v) is 15.4. The van der Waals surface area contributed by atoms with Crippen LogP contribution in [0.1, 0.15) is 51.9 Å². The van der Waals surface area contributed by atoms with E-state index in [2.05, 4.69) is 59.6 Å². The summed E-state index contributed by atoms with van der Waals surface area (Å²) < 4.78 is 18.9. The molecule has 4 atom stereocenters. The van der Waals surface area contributed by atoms with Crippen LogP contribution in [-0.2, 0) is 27.4 Å². The van der Waals surface area contributed by atoms with Gasteiger partial charge in [0.2, 0.25) is 0 Å². The average molecular weight is 593 g/mol. The minimum Gasteiger partial charge on any atom is -0.392 e. The number of carbonyl (C=O) groups excluding carboxylic acids is 1. The molecule has 2 heterocycles. The van der Waals surface area contributed by atoms with E-state index in [1.165, 1.54) is 0 Å². The first-order chi connectivity index (χ1) is 21.6. The minimum absolute atomic E-state index is 0.0155. The zero-order valence-corrected chi connectivity index (χ0v) is 25.1. The Bertz CT molecular complexity index is 1500. The molecule has 0 radical (unpaired) electrons. The molecule has 2 aliphatic heterocycles. The van der Waals surface area contributed by atoms with Crippen molar-refractivity contribution in [2.24, 2.45) is 5.92 Å². The molecule has 7 nitrogen and oxygen atoms in total. The Morgan fingerprint density at radius 3 is 2.25 bits per heavy atom. The Balaban J connectivity index is 1.21. The number of carbonyl (C=O) groups is 1. The summed E-state index contributed by atoms with van der Waals surface area (Å²) in [7, 11) is 0. The Morgan fingerprint density at radius 2 is 1.52 bits per heavy atom. The highest BCUT2D eigenvalue weighted by molar-refractivity contribution is 5.94. The Labute approximate surface area is 259 Å². The van der Waals surface area contributed by atoms with Gasteiger partial charge >= 0.3 is 0 Å². The summed E-state index contributed by atoms with van der Waals surface area (Å²) >= 11 is 0. The topological polar surface area (TPSA) is 80.3 Å². The van der Waals surface area contributed by atoms with E-state index in [1.54, 1.807) is 0 Å². The number of amides is 1. The highest BCUT2D eigenvalue weighted by Crippen LogP contribution is 2.42. The van der Waals surface area contributed by atoms with Gasteiger partial charge in [-0.1, -0.05) is 97.9 Å². The van der Waals surface area contributed by atoms with E-state index in [-0.39, 0.29) is 30.6 Å². The maximum atomic E-state index is 12.7. The summed E-state index contributed by atoms with van der Waals surface area (Å²) in [4.78, 5) is 15.1. The number of aliphatic hydroxyl groups excluding tert-OH is 1. The summed E-state index contributed by atoms with van der Waals surface area (Å²) in [5, 5.41) is 12.6. The zero-order chi connectivity index (χ0) is 30.3. The molecule has 1 amide bonds. The summed E-state index contributed by atoms with van der Waals surface area (Å²) in [6.45, 7) is 6.73. The van der Waals surface area contributed by atoms with E-state index in [0.717, 1.165) is 66.2 Å². The molecule has 0 bridgehead atoms. The van der Waals surface area contributed by atoms with Crippen LogP contribution in [0.25, 0.3) is 11.1 Å². The molecule has 44 heavy (non-hydrogen) atoms. The maximum Gasteiger partial charge on any atom is 0.251 e. The first kappa shape index (κ1) is 30.2. The summed E-state index contributed by atoms with van der Waals surface area (Å²) in [5.74, 6) is 0.0371. The second-order valence-corrected chi connectivity index (χ2v) is 11.6. The minimum atomic E-state index is -0.519. The van der Waals surface area contributed by atoms with Crippen molar-refractivity contribution in [2.75, 3.05) is 32.8 Å². The molecule has 2 fully saturated rings. The number of benzene rings is 4. The van der Waals surface area contributed by atoms with Crippen molar-refractivity contribution >= 4 is 5.91 Å². The van der Waals surface area contributed by atoms with E-state index in [0.29, 0.717) is 12.1 Å². The third-order valence-corrected chi connectivity index (χ3v) is 8.65. The van der Waals surface area contributed by atoms with Crippen molar-refractivity contribution in [3.63, 3.8) is 0 Å². The van der Waals surface area contributed by atoms with Crippen LogP contribution in [0.3, 0.4) is 0 Å². The van der Waals surface area contributed by atoms with Crippen LogP contribution in [0.2, 0.25) is 0 Å². The molecule has 2 saturated heterocycles. The maximum absolute atomic E-state index is 12.7. The molecule has 0 aromatic heterocycles. The number of hydrogen-bond donors (Lipinski definition) is 2. The highest BCUT2D eigenvalue weighted by atomic mass is 16.7. The third-order valence-electron chi connectivity index (χ3n) is 8.65. The Hall–Kier alpha value is -3.85. The molecule has 2 N–H and O–H groups in total. The van der Waals surface area contributed by atoms with Gasteiger partial charge in [0.25, 0.3) is 5.91 Å². The number of aliphatic hydroxyl groups is 1. The van der Waals surface area contributed by atoms with Gasteiger partial charge in [-0.15, -0.1) is 0 Å². The van der Waals surface area contributed by atoms with Gasteiger partial charge in [-0.25, -0.2) is 0 Å². The summed E-state index contributed by atoms with van der Waals surface area (Å²) in [6, 6.07) is 33.8. The predicted octanol–water partition coefficient (Wildman–Crippen LogP) is 5.90. The molecular formula is C37H40N2O5. The number of hydrogen-bond acceptors (Lipinski definition) is 6. The molecule has 228 valence electrons. The molecule has 0 spiro atoms. The number of nitrogens with one attached hydrogen (secondary N) is 1. The van der Waals surface area contributed by atoms with Crippen LogP contribution in [0, 0.1) is 5.92 Å². The van der Waals surface area contributed by atoms with Crippen molar-refractivity contribution in [2.45, 2.75) is 38.6 Å². The molecule has 4 unspecified atom stereocenters. The van der Waals surface area contributed by atoms with Crippen molar-refractivity contribution < 1.29 is 24.1 Å². The van der Waals surface area contributed by atoms with Gasteiger partial charge in [0.1, 0.15) is 0 Å². The van der Waals surface area contributed by atoms with Gasteiger partial charge in [-0.3, -0.25) is 9.69 Å². The fourth-order valence-corrected chi connectivity index (χ4v) is 6.01. The lowest BCUT2D eigenvalue weighted by atomic mass is 9.90. The van der Waals surface area contributed by atoms with Crippen LogP contribution in [0.4, 0.5) is 0 Å². The molecular weight excluding hydrogens is 552 g/mol. The summed E-state index contributed by atoms with van der Waals surface area (Å²) in [5.41, 5.74) is 6.73. The van der Waals surface area contributed by atoms with E-state index in [9.17, 15) is 9.90 Å². The fraction of sp³-hybridized carbons (Fsp3) is 0.324. The van der Waals surface area contributed by atoms with Crippen LogP contribution in [0.5, 0.6) is 0 Å². The molecule has 0 saturated carbocycles. The van der Waals surface area contributed by atoms with Crippen LogP contribution in [-0.4, -0.2) is 54.9 Å². The van der Waals surface area contributed by atoms with Gasteiger partial charge in [0, 0.05) is 43.2 Å². The first-order valence-electron chi connectivity index (χ1n) is 15.4. The number of rotatable bonds is 9. The Kier molecular flexibility index (Phi) is 9.80. The van der Waals surface area contributed by atoms with E-state index < -0.39 is 6.29 Å². The molecule has 4 aromatic carbocycles. The van der Waals surface area contributed by atoms with Crippen LogP contribution < -0.4 is 5.32 Å². The molecule has 0 aliphatic carbocycles. The van der Waals surface area contributed by atoms with E-state index in [4.69, 9.17) is 14.2 Å². The normalized spacial score (nSPS) is 22.4. The average Bonchev–Trinajstić information content (AvgIpc) is 3.09. The smallest absolute Gasteiger partial charge is 0.251 e. The van der Waals surface area contributed by atoms with Crippen molar-refractivity contribution in [3.05, 3.63) is 131 Å². The zero-order valence-electron chi connectivity index (χ0n) is 25.1. The fourth-order valence-electron chi connectivity index (χ4n) is 6.01. The van der Waals surface area contributed by atoms with Crippen LogP contribution in [0.15, 0.2) is 103 Å². The monoisotopic (exact) mass is 592 g/mol. The standard InChI is InChI=1S/C37H40N2O5/c1-26-34(24-39-19-21-42-22-20-39)43-37(44-35(26)29-13-11-27(25-40)12-14-29)31-17-15-28(16-18-31)33-10-6-5-9-32(33)23-38-36(41)30-7-3-2-4-8-30/h2-18,26,34-35,37,40H,19-25H2,1H3,(H,38,41). The van der Waals surface area contributed by atoms with Gasteiger partial charge in [-0.2, -0.15) is 0 Å². The number of ether oxygens (including phenoxy) is 3. The lowest BCUT2D eigenvalue weighted by Crippen LogP contribution is -2.47. The molecule has 6 rings (SSSR count). The van der Waals surface area contributed by atoms with Gasteiger partial charge < -0.3 is 24.6 Å². The van der Waals surface area contributed by atoms with Crippen LogP contribution >= 0.6 is 0 Å². The highest BCUT2D eigenvalue weighted by Gasteiger charge is 2.39. The second-order valence-electron chi connectivity index (χ2n) is 11.6. The number of morpholine rings is 1. The number of nitrogens with zero attached hydrogens (tertiary/aromatic N) is 1. The van der Waals surface area contributed by atoms with Crippen molar-refractivity contribution in [1.82, 2.24) is 10.2 Å². The lowest BCUT2D eigenvalue weighted by Gasteiger charge is -2.43. The second kappa shape index (κ2) is 14.3. The molecule has 4 aromatic rings. The lowest BCUT2D eigenvalue weighted by molar-refractivity contribution is -0.277. The van der Waals surface area contributed by atoms with Crippen molar-refractivity contribution in [1.29, 1.82) is 0 Å². The van der Waals surface area contributed by atoms with Gasteiger partial charge in [0.15, 0.2) is 6.29 Å². The van der Waals surface area contributed by atoms with Gasteiger partial charge in [0.05, 0.1) is 32.0 Å². The quantitative estimate of drug-likeness (QED) is 0.252.